The zero-order valence-electron chi connectivity index (χ0n) is 17.4. The topological polar surface area (TPSA) is 108 Å². The molecule has 0 aliphatic carbocycles. The predicted octanol–water partition coefficient (Wildman–Crippen LogP) is 4.62. The Hall–Kier alpha value is -2.80. The number of benzene rings is 1. The van der Waals surface area contributed by atoms with Gasteiger partial charge in [0.2, 0.25) is 0 Å². The molecule has 0 saturated heterocycles. The zero-order chi connectivity index (χ0) is 22.4. The predicted molar refractivity (Wildman–Crippen MR) is 114 cm³/mol. The van der Waals surface area contributed by atoms with Crippen molar-refractivity contribution in [3.63, 3.8) is 0 Å². The zero-order valence-corrected chi connectivity index (χ0v) is 18.2. The molecule has 1 heterocycles. The normalized spacial score (nSPS) is 13.2. The molecule has 30 heavy (non-hydrogen) atoms. The van der Waals surface area contributed by atoms with E-state index in [-0.39, 0.29) is 24.2 Å². The van der Waals surface area contributed by atoms with Crippen LogP contribution in [0.25, 0.3) is 0 Å². The molecular formula is C22H27ClN2O5. The number of rotatable bonds is 9. The first-order valence-electron chi connectivity index (χ1n) is 9.76. The van der Waals surface area contributed by atoms with Crippen molar-refractivity contribution in [2.75, 3.05) is 0 Å². The molecule has 0 saturated carbocycles. The number of H-pyrrole nitrogens is 1. The van der Waals surface area contributed by atoms with Gasteiger partial charge >= 0.3 is 12.1 Å². The molecule has 3 N–H and O–H groups in total. The lowest BCUT2D eigenvalue weighted by molar-refractivity contribution is -0.137. The molecule has 2 rings (SSSR count). The summed E-state index contributed by atoms with van der Waals surface area (Å²) in [5.74, 6) is -2.09. The molecule has 7 nitrogen and oxygen atoms in total. The standard InChI is InChI=1S/C22H27ClN2O5/c1-12(2)19(25-22(29)30-13(3)4)21(28)16-9-10-24-20(16)17(11-18(26)27)14-5-7-15(23)8-6-14/h5-10,12-13,17,19,24H,11H2,1-4H3,(H,25,29)(H,26,27). The second-order valence-corrected chi connectivity index (χ2v) is 8.13. The number of hydrogen-bond donors (Lipinski definition) is 3. The summed E-state index contributed by atoms with van der Waals surface area (Å²) >= 11 is 5.96. The number of carbonyl (C=O) groups is 3. The maximum absolute atomic E-state index is 13.3. The number of alkyl carbamates (subject to hydrolysis) is 1. The van der Waals surface area contributed by atoms with E-state index < -0.39 is 24.0 Å². The van der Waals surface area contributed by atoms with Gasteiger partial charge in [0.15, 0.2) is 5.78 Å². The van der Waals surface area contributed by atoms with Crippen LogP contribution in [0.4, 0.5) is 4.79 Å². The SMILES string of the molecule is CC(C)OC(=O)NC(C(=O)c1cc[nH]c1C(CC(=O)O)c1ccc(Cl)cc1)C(C)C. The highest BCUT2D eigenvalue weighted by Crippen LogP contribution is 2.31. The number of aliphatic carboxylic acids is 1. The highest BCUT2D eigenvalue weighted by atomic mass is 35.5. The number of ether oxygens (including phenoxy) is 1. The van der Waals surface area contributed by atoms with Gasteiger partial charge in [-0.3, -0.25) is 9.59 Å². The Bertz CT molecular complexity index is 889. The fourth-order valence-corrected chi connectivity index (χ4v) is 3.35. The Balaban J connectivity index is 2.39. The van der Waals surface area contributed by atoms with Crippen LogP contribution in [0.15, 0.2) is 36.5 Å². The summed E-state index contributed by atoms with van der Waals surface area (Å²) < 4.78 is 5.11. The lowest BCUT2D eigenvalue weighted by Crippen LogP contribution is -2.45. The number of hydrogen-bond acceptors (Lipinski definition) is 4. The minimum Gasteiger partial charge on any atom is -0.481 e. The first-order valence-corrected chi connectivity index (χ1v) is 10.1. The summed E-state index contributed by atoms with van der Waals surface area (Å²) in [7, 11) is 0. The summed E-state index contributed by atoms with van der Waals surface area (Å²) in [6.07, 6.45) is 0.392. The first-order chi connectivity index (χ1) is 14.1. The van der Waals surface area contributed by atoms with E-state index in [4.69, 9.17) is 16.3 Å². The van der Waals surface area contributed by atoms with Crippen LogP contribution in [0.1, 0.15) is 61.6 Å². The number of amides is 1. The number of halogens is 1. The first kappa shape index (κ1) is 23.5. The van der Waals surface area contributed by atoms with Crippen LogP contribution in [0.3, 0.4) is 0 Å². The van der Waals surface area contributed by atoms with Crippen LogP contribution in [0.5, 0.6) is 0 Å². The van der Waals surface area contributed by atoms with Crippen LogP contribution in [-0.4, -0.2) is 40.1 Å². The highest BCUT2D eigenvalue weighted by Gasteiger charge is 2.31. The van der Waals surface area contributed by atoms with Crippen molar-refractivity contribution >= 4 is 29.4 Å². The number of carboxylic acids is 1. The van der Waals surface area contributed by atoms with E-state index in [1.165, 1.54) is 0 Å². The quantitative estimate of drug-likeness (QED) is 0.499. The van der Waals surface area contributed by atoms with E-state index in [2.05, 4.69) is 10.3 Å². The van der Waals surface area contributed by atoms with Crippen LogP contribution >= 0.6 is 11.6 Å². The van der Waals surface area contributed by atoms with Crippen molar-refractivity contribution in [1.29, 1.82) is 0 Å². The minimum atomic E-state index is -0.998. The second kappa shape index (κ2) is 10.3. The average molecular weight is 435 g/mol. The lowest BCUT2D eigenvalue weighted by atomic mass is 9.87. The molecule has 0 aliphatic rings. The molecule has 0 fully saturated rings. The number of Topliss-reactive ketones (excluding diaryl/α,β-unsaturated/α-hetero) is 1. The number of nitrogens with one attached hydrogen (secondary N) is 2. The van der Waals surface area contributed by atoms with E-state index in [0.29, 0.717) is 21.8 Å². The monoisotopic (exact) mass is 434 g/mol. The Morgan fingerprint density at radius 2 is 1.73 bits per heavy atom. The Kier molecular flexibility index (Phi) is 8.06. The molecule has 0 bridgehead atoms. The van der Waals surface area contributed by atoms with Crippen molar-refractivity contribution < 1.29 is 24.2 Å². The minimum absolute atomic E-state index is 0.201. The number of carboxylic acid groups (broad SMARTS) is 1. The van der Waals surface area contributed by atoms with E-state index in [1.807, 2.05) is 13.8 Å². The fraction of sp³-hybridized carbons (Fsp3) is 0.409. The third kappa shape index (κ3) is 6.10. The Labute approximate surface area is 180 Å². The number of aromatic nitrogens is 1. The molecule has 2 atom stereocenters. The summed E-state index contributed by atoms with van der Waals surface area (Å²) in [4.78, 5) is 39.9. The third-order valence-corrected chi connectivity index (χ3v) is 4.86. The van der Waals surface area contributed by atoms with Crippen LogP contribution in [-0.2, 0) is 9.53 Å². The summed E-state index contributed by atoms with van der Waals surface area (Å²) in [5, 5.41) is 12.6. The molecule has 0 aliphatic heterocycles. The molecule has 0 radical (unpaired) electrons. The van der Waals surface area contributed by atoms with Gasteiger partial charge in [-0.25, -0.2) is 4.79 Å². The smallest absolute Gasteiger partial charge is 0.407 e. The van der Waals surface area contributed by atoms with Gasteiger partial charge in [0.1, 0.15) is 0 Å². The Morgan fingerprint density at radius 1 is 1.10 bits per heavy atom. The van der Waals surface area contributed by atoms with Gasteiger partial charge in [0, 0.05) is 28.4 Å². The van der Waals surface area contributed by atoms with E-state index in [0.717, 1.165) is 0 Å². The molecule has 1 aromatic carbocycles. The van der Waals surface area contributed by atoms with Gasteiger partial charge < -0.3 is 20.1 Å². The number of carbonyl (C=O) groups excluding carboxylic acids is 2. The van der Waals surface area contributed by atoms with Crippen molar-refractivity contribution in [3.05, 3.63) is 58.4 Å². The van der Waals surface area contributed by atoms with Gasteiger partial charge in [-0.05, 0) is 43.5 Å². The molecule has 8 heteroatoms. The molecule has 2 unspecified atom stereocenters. The van der Waals surface area contributed by atoms with E-state index in [9.17, 15) is 19.5 Å². The highest BCUT2D eigenvalue weighted by molar-refractivity contribution is 6.30. The molecule has 162 valence electrons. The van der Waals surface area contributed by atoms with Gasteiger partial charge in [-0.1, -0.05) is 37.6 Å². The largest absolute Gasteiger partial charge is 0.481 e. The molecule has 0 spiro atoms. The van der Waals surface area contributed by atoms with Crippen molar-refractivity contribution in [2.24, 2.45) is 5.92 Å². The maximum atomic E-state index is 13.3. The van der Waals surface area contributed by atoms with Crippen LogP contribution in [0.2, 0.25) is 5.02 Å². The average Bonchev–Trinajstić information content (AvgIpc) is 3.13. The van der Waals surface area contributed by atoms with E-state index >= 15 is 0 Å². The Morgan fingerprint density at radius 3 is 2.27 bits per heavy atom. The van der Waals surface area contributed by atoms with Crippen molar-refractivity contribution in [1.82, 2.24) is 10.3 Å². The summed E-state index contributed by atoms with van der Waals surface area (Å²) in [6, 6.07) is 7.62. The lowest BCUT2D eigenvalue weighted by Gasteiger charge is -2.23. The van der Waals surface area contributed by atoms with Crippen LogP contribution in [0, 0.1) is 5.92 Å². The summed E-state index contributed by atoms with van der Waals surface area (Å²) in [5.41, 5.74) is 1.53. The van der Waals surface area contributed by atoms with E-state index in [1.54, 1.807) is 50.4 Å². The van der Waals surface area contributed by atoms with Gasteiger partial charge in [-0.15, -0.1) is 0 Å². The van der Waals surface area contributed by atoms with Gasteiger partial charge in [0.25, 0.3) is 0 Å². The van der Waals surface area contributed by atoms with Gasteiger partial charge in [0.05, 0.1) is 18.6 Å². The van der Waals surface area contributed by atoms with Gasteiger partial charge in [-0.2, -0.15) is 0 Å². The molecular weight excluding hydrogens is 408 g/mol. The van der Waals surface area contributed by atoms with Crippen molar-refractivity contribution in [2.45, 2.75) is 52.2 Å². The second-order valence-electron chi connectivity index (χ2n) is 7.69. The molecule has 1 amide bonds. The third-order valence-electron chi connectivity index (χ3n) is 4.61. The summed E-state index contributed by atoms with van der Waals surface area (Å²) in [6.45, 7) is 7.08. The molecule has 2 aromatic rings. The van der Waals surface area contributed by atoms with Crippen LogP contribution < -0.4 is 5.32 Å². The number of aromatic amines is 1. The fourth-order valence-electron chi connectivity index (χ4n) is 3.22. The number of ketones is 1. The van der Waals surface area contributed by atoms with Crippen molar-refractivity contribution in [3.8, 4) is 0 Å². The molecule has 1 aromatic heterocycles. The maximum Gasteiger partial charge on any atom is 0.407 e.